The van der Waals surface area contributed by atoms with Gasteiger partial charge in [0.1, 0.15) is 49.4 Å². The molecule has 4 aromatic carbocycles. The maximum Gasteiger partial charge on any atom is 0.307 e. The summed E-state index contributed by atoms with van der Waals surface area (Å²) in [6.45, 7) is 19.9. The number of ketones is 7. The number of hydrogen-bond donors (Lipinski definition) is 5. The summed E-state index contributed by atoms with van der Waals surface area (Å²) < 4.78 is 48.0. The van der Waals surface area contributed by atoms with Crippen LogP contribution in [0.15, 0.2) is 121 Å². The van der Waals surface area contributed by atoms with E-state index in [1.54, 1.807) is 113 Å². The summed E-state index contributed by atoms with van der Waals surface area (Å²) in [6, 6.07) is 31.5. The molecule has 5 N–H and O–H groups in total. The highest BCUT2D eigenvalue weighted by atomic mass is 16.6. The summed E-state index contributed by atoms with van der Waals surface area (Å²) in [4.78, 5) is 220. The summed E-state index contributed by atoms with van der Waals surface area (Å²) in [6.07, 6.45) is -2.97. The second-order valence-electron chi connectivity index (χ2n) is 32.8. The van der Waals surface area contributed by atoms with Crippen LogP contribution in [0.5, 0.6) is 0 Å². The number of carbonyl (C=O) groups is 17. The standard InChI is InChI=1S/C48H68N2O13.C44H60N2O13.C3H6O/c1-33(2)27-40(50-47(58)38(28-34(3)51)30-45(56)63-48(4,5)6)42(53)29-37(20-22-43(54)61-31-35-15-10-8-11-16-35)46(57)49-39(41(52)19-14-24-60-26-25-59-7)21-23-44(55)62-32-36-17-12-9-13-18-36;1-30(2)24-37(46-44(55)35(25-31(3)47)27-40(50)51)39(49)26-34(17-19-41(52)58-28-32-12-7-5-8-13-32)43(54)45-36(38(48)16-11-21-57-23-22-56-4)18-20-42(53)59-29-33-14-9-6-10-15-33;1-3(2)4/h8-13,15-18,33,37-40H,14,19-32H2,1-7H3,(H,49,57)(H,50,58);5-10,12-15,30,34-37H,11,16-29H2,1-4H3,(H,45,54)(H,46,55)(H,50,51);1-2H3/t37-,38+,39-,40-;34-,35+,36-,37-;/m11./s1. The minimum atomic E-state index is -1.29. The van der Waals surface area contributed by atoms with Crippen molar-refractivity contribution in [2.45, 2.75) is 261 Å². The van der Waals surface area contributed by atoms with Gasteiger partial charge >= 0.3 is 35.8 Å². The molecule has 696 valence electrons. The fraction of sp³-hybridized carbons (Fsp3) is 0.568. The first-order chi connectivity index (χ1) is 59.8. The van der Waals surface area contributed by atoms with E-state index in [1.807, 2.05) is 64.1 Å². The minimum Gasteiger partial charge on any atom is -0.481 e. The number of rotatable bonds is 62. The molecule has 0 saturated heterocycles. The third kappa shape index (κ3) is 54.1. The lowest BCUT2D eigenvalue weighted by Gasteiger charge is -2.26. The lowest BCUT2D eigenvalue weighted by molar-refractivity contribution is -0.157. The Labute approximate surface area is 740 Å². The van der Waals surface area contributed by atoms with Crippen LogP contribution in [0.3, 0.4) is 0 Å². The predicted molar refractivity (Wildman–Crippen MR) is 465 cm³/mol. The number of hydrogen-bond acceptors (Lipinski definition) is 26. The summed E-state index contributed by atoms with van der Waals surface area (Å²) in [5.41, 5.74) is 2.22. The van der Waals surface area contributed by atoms with Crippen molar-refractivity contribution in [3.63, 3.8) is 0 Å². The Kier molecular flexibility index (Phi) is 56.4. The number of amides is 4. The van der Waals surface area contributed by atoms with E-state index in [2.05, 4.69) is 21.3 Å². The van der Waals surface area contributed by atoms with Gasteiger partial charge in [0.2, 0.25) is 23.6 Å². The molecule has 31 nitrogen and oxygen atoms in total. The maximum atomic E-state index is 14.2. The largest absolute Gasteiger partial charge is 0.481 e. The van der Waals surface area contributed by atoms with Gasteiger partial charge in [-0.1, -0.05) is 149 Å². The molecule has 0 spiro atoms. The van der Waals surface area contributed by atoms with Crippen LogP contribution >= 0.6 is 0 Å². The lowest BCUT2D eigenvalue weighted by Crippen LogP contribution is -2.48. The molecule has 0 aliphatic rings. The van der Waals surface area contributed by atoms with Gasteiger partial charge in [0.05, 0.1) is 75.3 Å². The predicted octanol–water partition coefficient (Wildman–Crippen LogP) is 11.3. The number of esters is 5. The van der Waals surface area contributed by atoms with Gasteiger partial charge in [0.25, 0.3) is 0 Å². The summed E-state index contributed by atoms with van der Waals surface area (Å²) in [5, 5.41) is 20.2. The van der Waals surface area contributed by atoms with Crippen molar-refractivity contribution in [1.29, 1.82) is 0 Å². The zero-order valence-corrected chi connectivity index (χ0v) is 75.6. The van der Waals surface area contributed by atoms with E-state index in [0.717, 1.165) is 22.3 Å². The number of nitrogens with one attached hydrogen (secondary N) is 4. The average Bonchev–Trinajstić information content (AvgIpc) is 0.858. The Morgan fingerprint density at radius 2 is 0.619 bits per heavy atom. The molecule has 0 fully saturated rings. The van der Waals surface area contributed by atoms with Crippen LogP contribution in [0.25, 0.3) is 0 Å². The van der Waals surface area contributed by atoms with Crippen molar-refractivity contribution in [3.05, 3.63) is 144 Å². The van der Waals surface area contributed by atoms with Gasteiger partial charge in [-0.15, -0.1) is 0 Å². The molecule has 0 aliphatic heterocycles. The van der Waals surface area contributed by atoms with Gasteiger partial charge in [-0.25, -0.2) is 0 Å². The van der Waals surface area contributed by atoms with Gasteiger partial charge in [-0.3, -0.25) is 67.1 Å². The number of ether oxygens (including phenoxy) is 9. The second-order valence-corrected chi connectivity index (χ2v) is 32.8. The Bertz CT molecular complexity index is 4000. The van der Waals surface area contributed by atoms with Crippen molar-refractivity contribution in [2.75, 3.05) is 53.9 Å². The van der Waals surface area contributed by atoms with Crippen molar-refractivity contribution in [3.8, 4) is 0 Å². The molecule has 0 aliphatic carbocycles. The molecule has 126 heavy (non-hydrogen) atoms. The van der Waals surface area contributed by atoms with Crippen LogP contribution in [-0.4, -0.2) is 189 Å². The number of aliphatic carboxylic acids is 1. The first-order valence-electron chi connectivity index (χ1n) is 42.9. The normalized spacial score (nSPS) is 12.9. The van der Waals surface area contributed by atoms with Crippen LogP contribution in [0, 0.1) is 35.5 Å². The van der Waals surface area contributed by atoms with Crippen LogP contribution in [0.2, 0.25) is 0 Å². The number of carboxylic acid groups (broad SMARTS) is 1. The fourth-order valence-electron chi connectivity index (χ4n) is 12.6. The Morgan fingerprint density at radius 3 is 0.897 bits per heavy atom. The van der Waals surface area contributed by atoms with E-state index in [0.29, 0.717) is 39.3 Å². The molecule has 8 atom stereocenters. The van der Waals surface area contributed by atoms with Gasteiger partial charge in [-0.2, -0.15) is 0 Å². The van der Waals surface area contributed by atoms with E-state index in [-0.39, 0.29) is 165 Å². The van der Waals surface area contributed by atoms with Crippen LogP contribution in [-0.2, 0) is 151 Å². The first kappa shape index (κ1) is 111. The van der Waals surface area contributed by atoms with Crippen LogP contribution < -0.4 is 21.3 Å². The van der Waals surface area contributed by atoms with E-state index in [1.165, 1.54) is 34.8 Å². The second kappa shape index (κ2) is 63.9. The third-order valence-electron chi connectivity index (χ3n) is 18.9. The first-order valence-corrected chi connectivity index (χ1v) is 42.9. The topological polar surface area (TPSA) is 442 Å². The van der Waals surface area contributed by atoms with Crippen molar-refractivity contribution < 1.29 is 129 Å². The molecule has 0 bridgehead atoms. The van der Waals surface area contributed by atoms with Crippen LogP contribution in [0.1, 0.15) is 227 Å². The van der Waals surface area contributed by atoms with Gasteiger partial charge < -0.3 is 83.4 Å². The Morgan fingerprint density at radius 1 is 0.333 bits per heavy atom. The highest BCUT2D eigenvalue weighted by molar-refractivity contribution is 5.98. The Balaban J connectivity index is 0.000000820. The molecule has 0 radical (unpaired) electrons. The smallest absolute Gasteiger partial charge is 0.307 e. The summed E-state index contributed by atoms with van der Waals surface area (Å²) in [5.74, 6) is -14.6. The number of benzene rings is 4. The number of carbonyl (C=O) groups excluding carboxylic acids is 16. The molecule has 4 amide bonds. The molecule has 4 rings (SSSR count). The Hall–Kier alpha value is -10.9. The maximum absolute atomic E-state index is 14.2. The number of methoxy groups -OCH3 is 2. The van der Waals surface area contributed by atoms with Crippen LogP contribution in [0.4, 0.5) is 0 Å². The zero-order valence-electron chi connectivity index (χ0n) is 75.6. The molecule has 0 saturated carbocycles. The molecule has 4 aromatic rings. The SMILES string of the molecule is CC(C)=O.COCCOCCCC(=O)[C@@H](CCC(=O)OCc1ccccc1)NC(=O)[C@H](CCC(=O)OCc1ccccc1)CC(=O)[C@@H](CC(C)C)NC(=O)[C@@H](CC(C)=O)CC(=O)O.COCCOCCCC(=O)[C@@H](CCC(=O)OCc1ccccc1)NC(=O)[C@H](CCC(=O)OCc1ccccc1)CC(=O)[C@@H](CC(C)C)NC(=O)[C@@H](CC(C)=O)CC(=O)OC(C)(C)C. The quantitative estimate of drug-likeness (QED) is 0.0156. The van der Waals surface area contributed by atoms with E-state index >= 15 is 0 Å². The lowest BCUT2D eigenvalue weighted by atomic mass is 9.89. The van der Waals surface area contributed by atoms with Crippen molar-refractivity contribution in [2.24, 2.45) is 35.5 Å². The van der Waals surface area contributed by atoms with E-state index in [9.17, 15) is 86.6 Å². The highest BCUT2D eigenvalue weighted by Gasteiger charge is 2.37. The highest BCUT2D eigenvalue weighted by Crippen LogP contribution is 2.25. The molecule has 31 heteroatoms. The average molecular weight is 1760 g/mol. The summed E-state index contributed by atoms with van der Waals surface area (Å²) >= 11 is 0. The molecule has 0 unspecified atom stereocenters. The van der Waals surface area contributed by atoms with E-state index in [4.69, 9.17) is 42.6 Å². The molecular formula is C95H134N4O27. The number of Topliss-reactive ketones (excluding diaryl/α,β-unsaturated/α-hetero) is 7. The van der Waals surface area contributed by atoms with Gasteiger partial charge in [-0.05, 0) is 134 Å². The zero-order chi connectivity index (χ0) is 93.9. The van der Waals surface area contributed by atoms with Crippen molar-refractivity contribution in [1.82, 2.24) is 21.3 Å². The minimum absolute atomic E-state index is 0.00514. The monoisotopic (exact) mass is 1760 g/mol. The van der Waals surface area contributed by atoms with E-state index < -0.39 is 156 Å². The summed E-state index contributed by atoms with van der Waals surface area (Å²) in [7, 11) is 3.08. The molecular weight excluding hydrogens is 1630 g/mol. The van der Waals surface area contributed by atoms with Crippen molar-refractivity contribution >= 4 is 99.9 Å². The molecule has 0 aromatic heterocycles. The van der Waals surface area contributed by atoms with Gasteiger partial charge in [0, 0.05) is 103 Å². The van der Waals surface area contributed by atoms with Gasteiger partial charge in [0.15, 0.2) is 23.1 Å². The molecule has 0 heterocycles. The fourth-order valence-corrected chi connectivity index (χ4v) is 12.6. The third-order valence-corrected chi connectivity index (χ3v) is 18.9. The number of carboxylic acids is 1.